The minimum absolute atomic E-state index is 1.25. The number of rotatable bonds is 27. The fraction of sp³-hybridized carbons (Fsp3) is 0.700. The molecular weight excluding hydrogens is 545 g/mol. The Kier molecular flexibility index (Phi) is 22.6. The van der Waals surface area contributed by atoms with Crippen LogP contribution >= 0.6 is 21.6 Å². The Bertz CT molecular complexity index is 842. The number of unbranched alkanes of at least 4 members (excludes halogenated alkanes) is 16. The van der Waals surface area contributed by atoms with E-state index in [1.54, 1.807) is 22.3 Å². The zero-order valence-electron chi connectivity index (χ0n) is 28.3. The summed E-state index contributed by atoms with van der Waals surface area (Å²) in [7, 11) is 4.10. The zero-order chi connectivity index (χ0) is 30.1. The Morgan fingerprint density at radius 1 is 0.357 bits per heavy atom. The zero-order valence-corrected chi connectivity index (χ0v) is 29.9. The van der Waals surface area contributed by atoms with Gasteiger partial charge in [-0.05, 0) is 85.8 Å². The van der Waals surface area contributed by atoms with Gasteiger partial charge >= 0.3 is 0 Å². The first kappa shape index (κ1) is 37.3. The summed E-state index contributed by atoms with van der Waals surface area (Å²) in [4.78, 5) is 3.06. The van der Waals surface area contributed by atoms with Crippen LogP contribution in [0, 0.1) is 0 Å². The fourth-order valence-electron chi connectivity index (χ4n) is 6.15. The highest BCUT2D eigenvalue weighted by Crippen LogP contribution is 2.43. The molecule has 42 heavy (non-hydrogen) atoms. The summed E-state index contributed by atoms with van der Waals surface area (Å²) >= 11 is 0. The maximum Gasteiger partial charge on any atom is 0.0221 e. The highest BCUT2D eigenvalue weighted by molar-refractivity contribution is 8.76. The third-order valence-electron chi connectivity index (χ3n) is 8.84. The molecule has 0 radical (unpaired) electrons. The quantitative estimate of drug-likeness (QED) is 0.0729. The highest BCUT2D eigenvalue weighted by Gasteiger charge is 2.14. The van der Waals surface area contributed by atoms with E-state index in [0.717, 1.165) is 0 Å². The van der Waals surface area contributed by atoms with Crippen LogP contribution in [-0.4, -0.2) is 0 Å². The lowest BCUT2D eigenvalue weighted by Crippen LogP contribution is -1.99. The minimum atomic E-state index is 1.25. The predicted octanol–water partition coefficient (Wildman–Crippen LogP) is 14.5. The topological polar surface area (TPSA) is 0 Å². The Morgan fingerprint density at radius 3 is 1.00 bits per heavy atom. The van der Waals surface area contributed by atoms with E-state index in [4.69, 9.17) is 0 Å². The van der Waals surface area contributed by atoms with Gasteiger partial charge in [0, 0.05) is 9.79 Å². The molecule has 0 aliphatic carbocycles. The van der Waals surface area contributed by atoms with Crippen molar-refractivity contribution in [3.8, 4) is 0 Å². The predicted molar refractivity (Wildman–Crippen MR) is 194 cm³/mol. The molecule has 0 nitrogen and oxygen atoms in total. The van der Waals surface area contributed by atoms with Crippen LogP contribution in [0.15, 0.2) is 46.2 Å². The molecule has 0 amide bonds. The van der Waals surface area contributed by atoms with Gasteiger partial charge in [-0.3, -0.25) is 0 Å². The molecule has 2 aromatic carbocycles. The van der Waals surface area contributed by atoms with Crippen molar-refractivity contribution in [1.29, 1.82) is 0 Å². The first-order chi connectivity index (χ1) is 20.7. The Hall–Kier alpha value is -0.860. The second kappa shape index (κ2) is 25.5. The number of benzene rings is 2. The molecule has 2 heteroatoms. The average Bonchev–Trinajstić information content (AvgIpc) is 3.01. The lowest BCUT2D eigenvalue weighted by Gasteiger charge is -2.17. The second-order valence-electron chi connectivity index (χ2n) is 12.6. The van der Waals surface area contributed by atoms with E-state index in [1.807, 2.05) is 0 Å². The molecule has 0 saturated heterocycles. The molecule has 0 heterocycles. The molecule has 0 unspecified atom stereocenters. The SMILES string of the molecule is CCCCCCCc1cccc(SSc2cccc(CCCCCCC)c2CCCCCCC)c1CCCCCCC. The van der Waals surface area contributed by atoms with Crippen LogP contribution in [0.25, 0.3) is 0 Å². The van der Waals surface area contributed by atoms with Crippen LogP contribution in [0.5, 0.6) is 0 Å². The summed E-state index contributed by atoms with van der Waals surface area (Å²) in [5.74, 6) is 0. The van der Waals surface area contributed by atoms with Gasteiger partial charge in [0.05, 0.1) is 0 Å². The number of hydrogen-bond acceptors (Lipinski definition) is 2. The van der Waals surface area contributed by atoms with Gasteiger partial charge in [-0.2, -0.15) is 0 Å². The molecule has 0 fully saturated rings. The molecule has 0 atom stereocenters. The molecule has 0 saturated carbocycles. The normalized spacial score (nSPS) is 11.4. The third-order valence-corrected chi connectivity index (χ3v) is 11.4. The highest BCUT2D eigenvalue weighted by atomic mass is 33.1. The summed E-state index contributed by atoms with van der Waals surface area (Å²) in [5.41, 5.74) is 6.58. The van der Waals surface area contributed by atoms with Crippen molar-refractivity contribution >= 4 is 21.6 Å². The van der Waals surface area contributed by atoms with Crippen LogP contribution < -0.4 is 0 Å². The molecule has 2 rings (SSSR count). The maximum absolute atomic E-state index is 2.44. The minimum Gasteiger partial charge on any atom is -0.0654 e. The van der Waals surface area contributed by atoms with E-state index in [0.29, 0.717) is 0 Å². The Morgan fingerprint density at radius 2 is 0.667 bits per heavy atom. The number of aryl methyl sites for hydroxylation is 2. The van der Waals surface area contributed by atoms with Gasteiger partial charge in [-0.1, -0.05) is 176 Å². The van der Waals surface area contributed by atoms with Crippen LogP contribution in [0.3, 0.4) is 0 Å². The standard InChI is InChI=1S/C40H66S2/c1-5-9-13-17-21-27-35-29-25-33-39(37(35)31-23-19-15-11-7-3)41-42-40-34-26-30-36(28-22-18-14-10-6-2)38(40)32-24-20-16-12-8-4/h25-26,29-30,33-34H,5-24,27-28,31-32H2,1-4H3. The van der Waals surface area contributed by atoms with Crippen molar-refractivity contribution in [2.45, 2.75) is 192 Å². The smallest absolute Gasteiger partial charge is 0.0221 e. The average molecular weight is 611 g/mol. The van der Waals surface area contributed by atoms with Gasteiger partial charge in [0.15, 0.2) is 0 Å². The Labute approximate surface area is 270 Å². The van der Waals surface area contributed by atoms with E-state index >= 15 is 0 Å². The first-order valence-corrected chi connectivity index (χ1v) is 20.5. The van der Waals surface area contributed by atoms with Gasteiger partial charge in [-0.15, -0.1) is 0 Å². The van der Waals surface area contributed by atoms with E-state index in [-0.39, 0.29) is 0 Å². The molecule has 0 aromatic heterocycles. The van der Waals surface area contributed by atoms with E-state index in [9.17, 15) is 0 Å². The summed E-state index contributed by atoms with van der Waals surface area (Å²) in [5, 5.41) is 0. The second-order valence-corrected chi connectivity index (χ2v) is 14.8. The van der Waals surface area contributed by atoms with Gasteiger partial charge < -0.3 is 0 Å². The molecule has 0 aliphatic heterocycles. The first-order valence-electron chi connectivity index (χ1n) is 18.3. The Balaban J connectivity index is 2.17. The van der Waals surface area contributed by atoms with E-state index < -0.39 is 0 Å². The molecule has 238 valence electrons. The van der Waals surface area contributed by atoms with Crippen molar-refractivity contribution in [3.05, 3.63) is 58.7 Å². The van der Waals surface area contributed by atoms with E-state index in [2.05, 4.69) is 85.7 Å². The van der Waals surface area contributed by atoms with Gasteiger partial charge in [0.1, 0.15) is 0 Å². The summed E-state index contributed by atoms with van der Waals surface area (Å²) < 4.78 is 0. The molecule has 0 aliphatic rings. The maximum atomic E-state index is 2.44. The van der Waals surface area contributed by atoms with Crippen molar-refractivity contribution in [2.24, 2.45) is 0 Å². The van der Waals surface area contributed by atoms with Crippen molar-refractivity contribution < 1.29 is 0 Å². The van der Waals surface area contributed by atoms with Crippen LogP contribution in [0.4, 0.5) is 0 Å². The van der Waals surface area contributed by atoms with E-state index in [1.165, 1.54) is 164 Å². The van der Waals surface area contributed by atoms with Gasteiger partial charge in [-0.25, -0.2) is 0 Å². The number of hydrogen-bond donors (Lipinski definition) is 0. The molecule has 2 aromatic rings. The lowest BCUT2D eigenvalue weighted by molar-refractivity contribution is 0.618. The molecule has 0 bridgehead atoms. The van der Waals surface area contributed by atoms with Crippen molar-refractivity contribution in [1.82, 2.24) is 0 Å². The summed E-state index contributed by atoms with van der Waals surface area (Å²) in [6.07, 6.45) is 32.3. The largest absolute Gasteiger partial charge is 0.0654 e. The molecule has 0 spiro atoms. The van der Waals surface area contributed by atoms with Crippen molar-refractivity contribution in [2.75, 3.05) is 0 Å². The monoisotopic (exact) mass is 610 g/mol. The van der Waals surface area contributed by atoms with Gasteiger partial charge in [0.2, 0.25) is 0 Å². The van der Waals surface area contributed by atoms with Crippen molar-refractivity contribution in [3.63, 3.8) is 0 Å². The molecular formula is C40H66S2. The lowest BCUT2D eigenvalue weighted by atomic mass is 9.96. The van der Waals surface area contributed by atoms with Gasteiger partial charge in [0.25, 0.3) is 0 Å². The third kappa shape index (κ3) is 15.7. The summed E-state index contributed by atoms with van der Waals surface area (Å²) in [6, 6.07) is 14.4. The van der Waals surface area contributed by atoms with Crippen LogP contribution in [-0.2, 0) is 25.7 Å². The summed E-state index contributed by atoms with van der Waals surface area (Å²) in [6.45, 7) is 9.27. The molecule has 0 N–H and O–H groups in total. The fourth-order valence-corrected chi connectivity index (χ4v) is 8.74. The van der Waals surface area contributed by atoms with Crippen LogP contribution in [0.1, 0.15) is 178 Å². The van der Waals surface area contributed by atoms with Crippen LogP contribution in [0.2, 0.25) is 0 Å².